The zero-order chi connectivity index (χ0) is 27.2. The number of esters is 1. The van der Waals surface area contributed by atoms with Gasteiger partial charge in [-0.05, 0) is 60.0 Å². The van der Waals surface area contributed by atoms with Gasteiger partial charge in [0, 0.05) is 10.6 Å². The highest BCUT2D eigenvalue weighted by Gasteiger charge is 2.19. The highest BCUT2D eigenvalue weighted by Crippen LogP contribution is 2.14. The molecule has 0 bridgehead atoms. The Bertz CT molecular complexity index is 1710. The van der Waals surface area contributed by atoms with Crippen molar-refractivity contribution >= 4 is 46.3 Å². The summed E-state index contributed by atoms with van der Waals surface area (Å²) in [4.78, 5) is 38.8. The Morgan fingerprint density at radius 1 is 1.00 bits per heavy atom. The molecule has 0 spiro atoms. The summed E-state index contributed by atoms with van der Waals surface area (Å²) in [6, 6.07) is 22.4. The number of hydrogen-bond acceptors (Lipinski definition) is 6. The Balaban J connectivity index is 1.93. The molecule has 0 amide bonds. The van der Waals surface area contributed by atoms with Gasteiger partial charge in [-0.3, -0.25) is 14.2 Å². The SMILES string of the molecule is CCCc1ccc(C(=O)/C(C#N)=c2\s/c(=C\c3ccc(C(=O)OC)cc3)c(=O)n2-c2ccc(Cl)cc2)cc1. The minimum Gasteiger partial charge on any atom is -0.465 e. The fourth-order valence-corrected chi connectivity index (χ4v) is 5.14. The Morgan fingerprint density at radius 3 is 2.21 bits per heavy atom. The summed E-state index contributed by atoms with van der Waals surface area (Å²) >= 11 is 7.11. The monoisotopic (exact) mass is 542 g/mol. The second-order valence-electron chi connectivity index (χ2n) is 8.41. The summed E-state index contributed by atoms with van der Waals surface area (Å²) in [6.07, 6.45) is 3.53. The minimum absolute atomic E-state index is 0.133. The number of aryl methyl sites for hydroxylation is 1. The number of thiazole rings is 1. The number of halogens is 1. The van der Waals surface area contributed by atoms with Crippen LogP contribution in [0, 0.1) is 11.3 Å². The highest BCUT2D eigenvalue weighted by molar-refractivity contribution is 7.07. The number of ketones is 1. The van der Waals surface area contributed by atoms with E-state index in [4.69, 9.17) is 16.3 Å². The van der Waals surface area contributed by atoms with Gasteiger partial charge in [0.25, 0.3) is 5.56 Å². The zero-order valence-electron chi connectivity index (χ0n) is 20.7. The highest BCUT2D eigenvalue weighted by atomic mass is 35.5. The van der Waals surface area contributed by atoms with E-state index in [1.807, 2.05) is 18.2 Å². The average molecular weight is 543 g/mol. The van der Waals surface area contributed by atoms with Gasteiger partial charge in [-0.25, -0.2) is 4.79 Å². The van der Waals surface area contributed by atoms with Gasteiger partial charge in [0.15, 0.2) is 0 Å². The second kappa shape index (κ2) is 11.9. The van der Waals surface area contributed by atoms with Gasteiger partial charge < -0.3 is 4.74 Å². The number of Topliss-reactive ketones (excluding diaryl/α,β-unsaturated/α-hetero) is 1. The molecule has 1 heterocycles. The summed E-state index contributed by atoms with van der Waals surface area (Å²) in [5.41, 5.74) is 2.48. The molecule has 6 nitrogen and oxygen atoms in total. The molecule has 0 saturated heterocycles. The number of methoxy groups -OCH3 is 1. The van der Waals surface area contributed by atoms with Crippen molar-refractivity contribution in [1.29, 1.82) is 5.26 Å². The number of ether oxygens (including phenoxy) is 1. The molecule has 0 N–H and O–H groups in total. The smallest absolute Gasteiger partial charge is 0.337 e. The molecule has 0 saturated carbocycles. The van der Waals surface area contributed by atoms with Crippen LogP contribution in [-0.4, -0.2) is 23.4 Å². The van der Waals surface area contributed by atoms with E-state index in [1.165, 1.54) is 11.7 Å². The molecule has 8 heteroatoms. The summed E-state index contributed by atoms with van der Waals surface area (Å²) in [5.74, 6) is -0.928. The molecule has 190 valence electrons. The van der Waals surface area contributed by atoms with Crippen LogP contribution in [0.2, 0.25) is 5.02 Å². The Kier molecular flexibility index (Phi) is 8.37. The maximum Gasteiger partial charge on any atom is 0.337 e. The first kappa shape index (κ1) is 26.8. The van der Waals surface area contributed by atoms with Crippen molar-refractivity contribution < 1.29 is 14.3 Å². The lowest BCUT2D eigenvalue weighted by molar-refractivity contribution is 0.0600. The van der Waals surface area contributed by atoms with E-state index >= 15 is 0 Å². The van der Waals surface area contributed by atoms with Gasteiger partial charge in [-0.1, -0.05) is 61.3 Å². The second-order valence-corrected chi connectivity index (χ2v) is 9.88. The van der Waals surface area contributed by atoms with Crippen LogP contribution < -0.4 is 14.8 Å². The van der Waals surface area contributed by atoms with Crippen LogP contribution in [0.25, 0.3) is 17.3 Å². The number of aromatic nitrogens is 1. The Labute approximate surface area is 228 Å². The molecule has 3 aromatic carbocycles. The molecular formula is C30H23ClN2O4S. The number of rotatable bonds is 7. The van der Waals surface area contributed by atoms with Gasteiger partial charge in [0.05, 0.1) is 22.9 Å². The Hall–Kier alpha value is -4.25. The molecule has 4 rings (SSSR count). The third-order valence-corrected chi connectivity index (χ3v) is 7.19. The lowest BCUT2D eigenvalue weighted by Gasteiger charge is -2.05. The van der Waals surface area contributed by atoms with Crippen molar-refractivity contribution in [3.05, 3.63) is 120 Å². The Morgan fingerprint density at radius 2 is 1.63 bits per heavy atom. The van der Waals surface area contributed by atoms with Crippen LogP contribution in [0.1, 0.15) is 45.2 Å². The van der Waals surface area contributed by atoms with Crippen LogP contribution >= 0.6 is 22.9 Å². The first-order valence-corrected chi connectivity index (χ1v) is 13.0. The van der Waals surface area contributed by atoms with Gasteiger partial charge in [0.1, 0.15) is 16.3 Å². The van der Waals surface area contributed by atoms with Gasteiger partial charge in [-0.2, -0.15) is 5.26 Å². The number of carbonyl (C=O) groups is 2. The molecule has 0 fully saturated rings. The van der Waals surface area contributed by atoms with Gasteiger partial charge in [0.2, 0.25) is 5.78 Å². The molecule has 4 aromatic rings. The van der Waals surface area contributed by atoms with E-state index in [9.17, 15) is 19.6 Å². The fraction of sp³-hybridized carbons (Fsp3) is 0.133. The van der Waals surface area contributed by atoms with Crippen LogP contribution in [0.15, 0.2) is 77.6 Å². The maximum atomic E-state index is 13.6. The van der Waals surface area contributed by atoms with E-state index in [0.717, 1.165) is 29.7 Å². The number of nitrogens with zero attached hydrogens (tertiary/aromatic N) is 2. The average Bonchev–Trinajstić information content (AvgIpc) is 3.25. The van der Waals surface area contributed by atoms with Gasteiger partial charge >= 0.3 is 5.97 Å². The van der Waals surface area contributed by atoms with Crippen LogP contribution in [0.5, 0.6) is 0 Å². The molecule has 0 aliphatic heterocycles. The molecule has 0 aliphatic carbocycles. The van der Waals surface area contributed by atoms with Crippen LogP contribution in [-0.2, 0) is 11.2 Å². The quantitative estimate of drug-likeness (QED) is 0.250. The van der Waals surface area contributed by atoms with E-state index in [1.54, 1.807) is 66.7 Å². The fourth-order valence-electron chi connectivity index (χ4n) is 3.91. The van der Waals surface area contributed by atoms with Crippen molar-refractivity contribution in [3.8, 4) is 11.8 Å². The topological polar surface area (TPSA) is 89.2 Å². The summed E-state index contributed by atoms with van der Waals surface area (Å²) in [5, 5.41) is 10.6. The summed E-state index contributed by atoms with van der Waals surface area (Å²) in [7, 11) is 1.30. The van der Waals surface area contributed by atoms with Crippen molar-refractivity contribution in [2.75, 3.05) is 7.11 Å². The van der Waals surface area contributed by atoms with Crippen LogP contribution in [0.4, 0.5) is 0 Å². The first-order chi connectivity index (χ1) is 18.4. The standard InChI is InChI=1S/C30H23ClN2O4S/c1-3-4-19-5-9-21(10-6-19)27(34)25(18-32)29-33(24-15-13-23(31)14-16-24)28(35)26(38-29)17-20-7-11-22(12-8-20)30(36)37-2/h5-17H,3-4H2,1-2H3/b26-17-,29-25-. The van der Waals surface area contributed by atoms with E-state index < -0.39 is 11.8 Å². The zero-order valence-corrected chi connectivity index (χ0v) is 22.3. The van der Waals surface area contributed by atoms with Crippen molar-refractivity contribution in [3.63, 3.8) is 0 Å². The predicted molar refractivity (Wildman–Crippen MR) is 149 cm³/mol. The van der Waals surface area contributed by atoms with Crippen molar-refractivity contribution in [2.24, 2.45) is 0 Å². The largest absolute Gasteiger partial charge is 0.465 e. The van der Waals surface area contributed by atoms with Crippen LogP contribution in [0.3, 0.4) is 0 Å². The molecule has 0 radical (unpaired) electrons. The van der Waals surface area contributed by atoms with E-state index in [-0.39, 0.29) is 15.8 Å². The maximum absolute atomic E-state index is 13.6. The van der Waals surface area contributed by atoms with Crippen molar-refractivity contribution in [2.45, 2.75) is 19.8 Å². The lowest BCUT2D eigenvalue weighted by atomic mass is 10.0. The van der Waals surface area contributed by atoms with E-state index in [2.05, 4.69) is 6.92 Å². The first-order valence-electron chi connectivity index (χ1n) is 11.8. The van der Waals surface area contributed by atoms with Gasteiger partial charge in [-0.15, -0.1) is 11.3 Å². The normalized spacial score (nSPS) is 12.1. The number of carbonyl (C=O) groups excluding carboxylic acids is 2. The molecule has 0 atom stereocenters. The number of benzene rings is 3. The van der Waals surface area contributed by atoms with Crippen molar-refractivity contribution in [1.82, 2.24) is 4.57 Å². The molecule has 0 unspecified atom stereocenters. The third-order valence-electron chi connectivity index (χ3n) is 5.85. The molecule has 1 aromatic heterocycles. The molecule has 0 aliphatic rings. The summed E-state index contributed by atoms with van der Waals surface area (Å²) < 4.78 is 6.63. The predicted octanol–water partition coefficient (Wildman–Crippen LogP) is 4.68. The molecular weight excluding hydrogens is 520 g/mol. The molecule has 38 heavy (non-hydrogen) atoms. The minimum atomic E-state index is -0.464. The summed E-state index contributed by atoms with van der Waals surface area (Å²) in [6.45, 7) is 2.08. The third kappa shape index (κ3) is 5.67. The number of hydrogen-bond donors (Lipinski definition) is 0. The van der Waals surface area contributed by atoms with E-state index in [0.29, 0.717) is 31.9 Å². The number of nitriles is 1. The lowest BCUT2D eigenvalue weighted by Crippen LogP contribution is -2.31.